The van der Waals surface area contributed by atoms with Gasteiger partial charge >= 0.3 is 5.97 Å². The highest BCUT2D eigenvalue weighted by Gasteiger charge is 2.23. The van der Waals surface area contributed by atoms with Gasteiger partial charge in [0.25, 0.3) is 0 Å². The Balaban J connectivity index is 2.76. The fraction of sp³-hybridized carbons (Fsp3) is 0.500. The van der Waals surface area contributed by atoms with Crippen LogP contribution in [0.2, 0.25) is 0 Å². The fourth-order valence-electron chi connectivity index (χ4n) is 2.60. The van der Waals surface area contributed by atoms with Gasteiger partial charge in [0.05, 0.1) is 23.4 Å². The molecular formula is C14H20N4O3. The molecule has 0 atom stereocenters. The standard InChI is InChI=1S/C14H20N4O3/c1-4-5-18(6-7-19)12-10(14(20)21)8-15-13-11(12)9(2)16-17(13)3/h8,19H,4-7H2,1-3H3,(H,20,21). The lowest BCUT2D eigenvalue weighted by Gasteiger charge is -2.25. The molecule has 7 heteroatoms. The summed E-state index contributed by atoms with van der Waals surface area (Å²) in [6.45, 7) is 4.85. The number of aromatic carboxylic acids is 1. The number of carbonyl (C=O) groups is 1. The Labute approximate surface area is 122 Å². The third kappa shape index (κ3) is 2.69. The number of hydrogen-bond acceptors (Lipinski definition) is 5. The largest absolute Gasteiger partial charge is 0.478 e. The predicted molar refractivity (Wildman–Crippen MR) is 79.8 cm³/mol. The molecule has 0 spiro atoms. The number of aromatic nitrogens is 3. The number of hydrogen-bond donors (Lipinski definition) is 2. The third-order valence-electron chi connectivity index (χ3n) is 3.41. The molecule has 0 aliphatic heterocycles. The lowest BCUT2D eigenvalue weighted by molar-refractivity contribution is 0.0697. The van der Waals surface area contributed by atoms with Gasteiger partial charge in [0, 0.05) is 26.3 Å². The summed E-state index contributed by atoms with van der Waals surface area (Å²) in [6, 6.07) is 0. The summed E-state index contributed by atoms with van der Waals surface area (Å²) in [7, 11) is 1.78. The molecule has 114 valence electrons. The zero-order valence-corrected chi connectivity index (χ0v) is 12.5. The molecule has 7 nitrogen and oxygen atoms in total. The highest BCUT2D eigenvalue weighted by molar-refractivity contribution is 6.04. The van der Waals surface area contributed by atoms with Crippen LogP contribution < -0.4 is 4.90 Å². The van der Waals surface area contributed by atoms with Crippen molar-refractivity contribution in [1.82, 2.24) is 14.8 Å². The minimum atomic E-state index is -1.03. The van der Waals surface area contributed by atoms with E-state index in [1.54, 1.807) is 11.7 Å². The number of carboxylic acids is 1. The van der Waals surface area contributed by atoms with Gasteiger partial charge in [-0.2, -0.15) is 5.10 Å². The van der Waals surface area contributed by atoms with E-state index in [1.807, 2.05) is 18.7 Å². The maximum Gasteiger partial charge on any atom is 0.339 e. The van der Waals surface area contributed by atoms with Crippen LogP contribution in [0.25, 0.3) is 11.0 Å². The van der Waals surface area contributed by atoms with Crippen LogP contribution in [0.4, 0.5) is 5.69 Å². The number of pyridine rings is 1. The van der Waals surface area contributed by atoms with Gasteiger partial charge in [-0.25, -0.2) is 9.78 Å². The van der Waals surface area contributed by atoms with E-state index < -0.39 is 5.97 Å². The molecule has 0 aliphatic rings. The Morgan fingerprint density at radius 3 is 2.71 bits per heavy atom. The molecule has 0 amide bonds. The summed E-state index contributed by atoms with van der Waals surface area (Å²) in [4.78, 5) is 17.6. The molecule has 0 aromatic carbocycles. The first-order chi connectivity index (χ1) is 10.0. The third-order valence-corrected chi connectivity index (χ3v) is 3.41. The van der Waals surface area contributed by atoms with E-state index in [0.717, 1.165) is 17.5 Å². The molecule has 0 fully saturated rings. The summed E-state index contributed by atoms with van der Waals surface area (Å²) in [5.41, 5.74) is 2.11. The fourth-order valence-corrected chi connectivity index (χ4v) is 2.60. The van der Waals surface area contributed by atoms with E-state index in [-0.39, 0.29) is 12.2 Å². The first kappa shape index (κ1) is 15.2. The number of aliphatic hydroxyl groups excluding tert-OH is 1. The lowest BCUT2D eigenvalue weighted by Crippen LogP contribution is -2.29. The Morgan fingerprint density at radius 1 is 1.43 bits per heavy atom. The zero-order valence-electron chi connectivity index (χ0n) is 12.5. The molecule has 2 aromatic rings. The van der Waals surface area contributed by atoms with E-state index in [0.29, 0.717) is 24.4 Å². The van der Waals surface area contributed by atoms with E-state index in [1.165, 1.54) is 6.20 Å². The van der Waals surface area contributed by atoms with Crippen molar-refractivity contribution in [3.8, 4) is 0 Å². The van der Waals surface area contributed by atoms with Crippen LogP contribution in [0, 0.1) is 6.92 Å². The SMILES string of the molecule is CCCN(CCO)c1c(C(=O)O)cnc2c1c(C)nn2C. The van der Waals surface area contributed by atoms with E-state index >= 15 is 0 Å². The Kier molecular flexibility index (Phi) is 4.42. The van der Waals surface area contributed by atoms with Gasteiger partial charge in [-0.15, -0.1) is 0 Å². The molecule has 2 rings (SSSR count). The molecule has 21 heavy (non-hydrogen) atoms. The first-order valence-electron chi connectivity index (χ1n) is 6.92. The lowest BCUT2D eigenvalue weighted by atomic mass is 10.1. The van der Waals surface area contributed by atoms with Gasteiger partial charge in [-0.3, -0.25) is 4.68 Å². The summed E-state index contributed by atoms with van der Waals surface area (Å²) < 4.78 is 1.64. The number of fused-ring (bicyclic) bond motifs is 1. The maximum atomic E-state index is 11.5. The average Bonchev–Trinajstić information content (AvgIpc) is 2.73. The Hall–Kier alpha value is -2.15. The van der Waals surface area contributed by atoms with Crippen LogP contribution in [-0.4, -0.2) is 50.6 Å². The monoisotopic (exact) mass is 292 g/mol. The van der Waals surface area contributed by atoms with Crippen LogP contribution in [0.15, 0.2) is 6.20 Å². The van der Waals surface area contributed by atoms with Gasteiger partial charge in [-0.05, 0) is 13.3 Å². The van der Waals surface area contributed by atoms with E-state index in [9.17, 15) is 15.0 Å². The van der Waals surface area contributed by atoms with Crippen molar-refractivity contribution in [2.45, 2.75) is 20.3 Å². The van der Waals surface area contributed by atoms with Gasteiger partial charge in [0.15, 0.2) is 5.65 Å². The van der Waals surface area contributed by atoms with Crippen LogP contribution in [0.5, 0.6) is 0 Å². The van der Waals surface area contributed by atoms with Gasteiger partial charge in [-0.1, -0.05) is 6.92 Å². The number of anilines is 1. The number of rotatable bonds is 6. The van der Waals surface area contributed by atoms with E-state index in [2.05, 4.69) is 10.1 Å². The van der Waals surface area contributed by atoms with Crippen LogP contribution >= 0.6 is 0 Å². The quantitative estimate of drug-likeness (QED) is 0.831. The molecule has 0 saturated carbocycles. The predicted octanol–water partition coefficient (Wildman–Crippen LogP) is 1.18. The van der Waals surface area contributed by atoms with Crippen molar-refractivity contribution in [3.63, 3.8) is 0 Å². The number of aryl methyl sites for hydroxylation is 2. The molecule has 0 saturated heterocycles. The molecule has 2 N–H and O–H groups in total. The average molecular weight is 292 g/mol. The molecule has 2 aromatic heterocycles. The van der Waals surface area contributed by atoms with Gasteiger partial charge < -0.3 is 15.1 Å². The highest BCUT2D eigenvalue weighted by atomic mass is 16.4. The molecule has 0 radical (unpaired) electrons. The minimum absolute atomic E-state index is 0.0395. The smallest absolute Gasteiger partial charge is 0.339 e. The number of carboxylic acid groups (broad SMARTS) is 1. The second-order valence-electron chi connectivity index (χ2n) is 4.94. The van der Waals surface area contributed by atoms with Crippen molar-refractivity contribution >= 4 is 22.7 Å². The summed E-state index contributed by atoms with van der Waals surface area (Å²) >= 11 is 0. The first-order valence-corrected chi connectivity index (χ1v) is 6.92. The van der Waals surface area contributed by atoms with E-state index in [4.69, 9.17) is 0 Å². The maximum absolute atomic E-state index is 11.5. The second-order valence-corrected chi connectivity index (χ2v) is 4.94. The molecule has 0 bridgehead atoms. The van der Waals surface area contributed by atoms with Crippen LogP contribution in [-0.2, 0) is 7.05 Å². The van der Waals surface area contributed by atoms with Crippen LogP contribution in [0.1, 0.15) is 29.4 Å². The van der Waals surface area contributed by atoms with Gasteiger partial charge in [0.1, 0.15) is 5.56 Å². The molecular weight excluding hydrogens is 272 g/mol. The minimum Gasteiger partial charge on any atom is -0.478 e. The van der Waals surface area contributed by atoms with Crippen molar-refractivity contribution in [2.75, 3.05) is 24.6 Å². The molecule has 2 heterocycles. The highest BCUT2D eigenvalue weighted by Crippen LogP contribution is 2.32. The Bertz CT molecular complexity index is 660. The summed E-state index contributed by atoms with van der Waals surface area (Å²) in [5.74, 6) is -1.03. The summed E-state index contributed by atoms with van der Waals surface area (Å²) in [5, 5.41) is 23.8. The zero-order chi connectivity index (χ0) is 15.6. The van der Waals surface area contributed by atoms with Crippen molar-refractivity contribution in [1.29, 1.82) is 0 Å². The number of nitrogens with zero attached hydrogens (tertiary/aromatic N) is 4. The van der Waals surface area contributed by atoms with Crippen molar-refractivity contribution < 1.29 is 15.0 Å². The normalized spacial score (nSPS) is 11.0. The van der Waals surface area contributed by atoms with Gasteiger partial charge in [0.2, 0.25) is 0 Å². The molecule has 0 aliphatic carbocycles. The number of aliphatic hydroxyl groups is 1. The summed E-state index contributed by atoms with van der Waals surface area (Å²) in [6.07, 6.45) is 2.21. The van der Waals surface area contributed by atoms with Crippen molar-refractivity contribution in [3.05, 3.63) is 17.5 Å². The second kappa shape index (κ2) is 6.09. The van der Waals surface area contributed by atoms with Crippen LogP contribution in [0.3, 0.4) is 0 Å². The Morgan fingerprint density at radius 2 is 2.14 bits per heavy atom. The topological polar surface area (TPSA) is 91.5 Å². The molecule has 0 unspecified atom stereocenters. The van der Waals surface area contributed by atoms with Crippen molar-refractivity contribution in [2.24, 2.45) is 7.05 Å².